The Morgan fingerprint density at radius 3 is 2.68 bits per heavy atom. The van der Waals surface area contributed by atoms with E-state index < -0.39 is 0 Å². The van der Waals surface area contributed by atoms with Crippen LogP contribution in [0.5, 0.6) is 0 Å². The van der Waals surface area contributed by atoms with Crippen LogP contribution in [0.25, 0.3) is 5.95 Å². The average Bonchev–Trinajstić information content (AvgIpc) is 2.93. The van der Waals surface area contributed by atoms with Crippen molar-refractivity contribution in [3.8, 4) is 5.95 Å². The molecular weight excluding hydrogens is 244 g/mol. The second kappa shape index (κ2) is 6.07. The monoisotopic (exact) mass is 262 g/mol. The Hall–Kier alpha value is -2.25. The number of rotatable bonds is 6. The van der Waals surface area contributed by atoms with Gasteiger partial charge in [0, 0.05) is 6.54 Å². The summed E-state index contributed by atoms with van der Waals surface area (Å²) in [5.74, 6) is 1.57. The number of anilines is 2. The molecule has 0 unspecified atom stereocenters. The van der Waals surface area contributed by atoms with Gasteiger partial charge in [-0.1, -0.05) is 26.7 Å². The van der Waals surface area contributed by atoms with Crippen LogP contribution in [0.1, 0.15) is 26.7 Å². The van der Waals surface area contributed by atoms with Crippen LogP contribution in [-0.4, -0.2) is 36.3 Å². The predicted octanol–water partition coefficient (Wildman–Crippen LogP) is 0.883. The van der Waals surface area contributed by atoms with Gasteiger partial charge in [-0.15, -0.1) is 0 Å². The maximum Gasteiger partial charge on any atom is 0.258 e. The van der Waals surface area contributed by atoms with E-state index in [9.17, 15) is 0 Å². The van der Waals surface area contributed by atoms with Crippen LogP contribution in [0, 0.1) is 5.92 Å². The maximum atomic E-state index is 5.67. The number of nitrogens with zero attached hydrogens (tertiary/aromatic N) is 6. The summed E-state index contributed by atoms with van der Waals surface area (Å²) in [5, 5.41) is 7.15. The van der Waals surface area contributed by atoms with Gasteiger partial charge in [0.2, 0.25) is 11.9 Å². The molecule has 0 fully saturated rings. The number of aromatic nitrogens is 6. The molecule has 0 radical (unpaired) electrons. The molecule has 102 valence electrons. The highest BCUT2D eigenvalue weighted by Crippen LogP contribution is 2.10. The first-order valence-electron chi connectivity index (χ1n) is 6.33. The van der Waals surface area contributed by atoms with Gasteiger partial charge in [0.1, 0.15) is 12.7 Å². The lowest BCUT2D eigenvalue weighted by molar-refractivity contribution is 0.517. The molecule has 3 N–H and O–H groups in total. The van der Waals surface area contributed by atoms with Crippen molar-refractivity contribution in [2.75, 3.05) is 17.6 Å². The van der Waals surface area contributed by atoms with Crippen LogP contribution in [-0.2, 0) is 0 Å². The normalized spacial score (nSPS) is 10.9. The van der Waals surface area contributed by atoms with Crippen LogP contribution in [0.15, 0.2) is 12.7 Å². The fraction of sp³-hybridized carbons (Fsp3) is 0.545. The van der Waals surface area contributed by atoms with Crippen molar-refractivity contribution in [2.45, 2.75) is 26.7 Å². The number of nitrogens with two attached hydrogens (primary N) is 1. The molecule has 19 heavy (non-hydrogen) atoms. The molecule has 0 atom stereocenters. The molecule has 2 aromatic rings. The van der Waals surface area contributed by atoms with Gasteiger partial charge in [0.05, 0.1) is 0 Å². The zero-order valence-corrected chi connectivity index (χ0v) is 11.1. The van der Waals surface area contributed by atoms with Gasteiger partial charge < -0.3 is 11.1 Å². The lowest BCUT2D eigenvalue weighted by Gasteiger charge is -2.13. The van der Waals surface area contributed by atoms with Crippen molar-refractivity contribution in [1.82, 2.24) is 29.7 Å². The summed E-state index contributed by atoms with van der Waals surface area (Å²) in [7, 11) is 0. The lowest BCUT2D eigenvalue weighted by Crippen LogP contribution is -2.17. The molecule has 2 rings (SSSR count). The first-order valence-corrected chi connectivity index (χ1v) is 6.33. The van der Waals surface area contributed by atoms with Crippen LogP contribution in [0.2, 0.25) is 0 Å². The summed E-state index contributed by atoms with van der Waals surface area (Å²) in [6.45, 7) is 5.14. The Kier molecular flexibility index (Phi) is 4.22. The second-order valence-corrected chi connectivity index (χ2v) is 4.22. The lowest BCUT2D eigenvalue weighted by atomic mass is 10.0. The van der Waals surface area contributed by atoms with Crippen molar-refractivity contribution >= 4 is 11.9 Å². The van der Waals surface area contributed by atoms with E-state index in [1.807, 2.05) is 0 Å². The Labute approximate surface area is 111 Å². The van der Waals surface area contributed by atoms with Crippen LogP contribution < -0.4 is 11.1 Å². The van der Waals surface area contributed by atoms with Crippen LogP contribution >= 0.6 is 0 Å². The van der Waals surface area contributed by atoms with Crippen molar-refractivity contribution in [1.29, 1.82) is 0 Å². The summed E-state index contributed by atoms with van der Waals surface area (Å²) in [5.41, 5.74) is 5.67. The molecule has 0 amide bonds. The Balaban J connectivity index is 2.13. The van der Waals surface area contributed by atoms with E-state index in [1.165, 1.54) is 17.3 Å². The van der Waals surface area contributed by atoms with Crippen molar-refractivity contribution in [3.63, 3.8) is 0 Å². The Morgan fingerprint density at radius 1 is 1.26 bits per heavy atom. The van der Waals surface area contributed by atoms with Crippen molar-refractivity contribution < 1.29 is 0 Å². The number of hydrogen-bond acceptors (Lipinski definition) is 7. The van der Waals surface area contributed by atoms with E-state index >= 15 is 0 Å². The van der Waals surface area contributed by atoms with E-state index in [-0.39, 0.29) is 5.95 Å². The molecule has 0 saturated heterocycles. The third-order valence-corrected chi connectivity index (χ3v) is 2.97. The first kappa shape index (κ1) is 13.2. The summed E-state index contributed by atoms with van der Waals surface area (Å²) in [6.07, 6.45) is 5.15. The van der Waals surface area contributed by atoms with Gasteiger partial charge in [-0.3, -0.25) is 0 Å². The topological polar surface area (TPSA) is 107 Å². The second-order valence-electron chi connectivity index (χ2n) is 4.22. The summed E-state index contributed by atoms with van der Waals surface area (Å²) < 4.78 is 1.44. The minimum absolute atomic E-state index is 0.160. The zero-order chi connectivity index (χ0) is 13.7. The van der Waals surface area contributed by atoms with Gasteiger partial charge in [0.25, 0.3) is 5.95 Å². The molecule has 0 aliphatic rings. The first-order chi connectivity index (χ1) is 9.22. The summed E-state index contributed by atoms with van der Waals surface area (Å²) in [6, 6.07) is 0. The highest BCUT2D eigenvalue weighted by molar-refractivity contribution is 5.34. The van der Waals surface area contributed by atoms with E-state index in [0.717, 1.165) is 19.4 Å². The van der Waals surface area contributed by atoms with Crippen LogP contribution in [0.3, 0.4) is 0 Å². The molecule has 2 heterocycles. The fourth-order valence-corrected chi connectivity index (χ4v) is 1.69. The number of nitrogens with one attached hydrogen (secondary N) is 1. The van der Waals surface area contributed by atoms with Gasteiger partial charge >= 0.3 is 0 Å². The van der Waals surface area contributed by atoms with E-state index in [1.54, 1.807) is 0 Å². The highest BCUT2D eigenvalue weighted by Gasteiger charge is 2.08. The predicted molar refractivity (Wildman–Crippen MR) is 71.7 cm³/mol. The number of nitrogen functional groups attached to an aromatic ring is 1. The number of hydrogen-bond donors (Lipinski definition) is 2. The molecule has 0 aliphatic carbocycles. The zero-order valence-electron chi connectivity index (χ0n) is 11.1. The minimum atomic E-state index is 0.160. The molecule has 0 bridgehead atoms. The Morgan fingerprint density at radius 2 is 2.05 bits per heavy atom. The van der Waals surface area contributed by atoms with Gasteiger partial charge in [0.15, 0.2) is 0 Å². The Bertz CT molecular complexity index is 505. The average molecular weight is 262 g/mol. The molecule has 2 aromatic heterocycles. The summed E-state index contributed by atoms with van der Waals surface area (Å²) >= 11 is 0. The van der Waals surface area contributed by atoms with Gasteiger partial charge in [-0.05, 0) is 5.92 Å². The molecular formula is C11H18N8. The quantitative estimate of drug-likeness (QED) is 0.795. The molecule has 0 saturated carbocycles. The third kappa shape index (κ3) is 3.36. The molecule has 8 heteroatoms. The summed E-state index contributed by atoms with van der Waals surface area (Å²) in [4.78, 5) is 16.2. The molecule has 0 aliphatic heterocycles. The third-order valence-electron chi connectivity index (χ3n) is 2.97. The van der Waals surface area contributed by atoms with Crippen molar-refractivity contribution in [3.05, 3.63) is 12.7 Å². The standard InChI is InChI=1S/C11H18N8/c1-3-8(4-2)5-14-10-16-9(12)17-11(18-10)19-7-13-6-15-19/h6-8H,3-5H2,1-2H3,(H3,12,14,16,17,18). The largest absolute Gasteiger partial charge is 0.368 e. The van der Waals surface area contributed by atoms with E-state index in [0.29, 0.717) is 17.8 Å². The maximum absolute atomic E-state index is 5.67. The van der Waals surface area contributed by atoms with Gasteiger partial charge in [-0.25, -0.2) is 4.98 Å². The van der Waals surface area contributed by atoms with Crippen molar-refractivity contribution in [2.24, 2.45) is 5.92 Å². The molecule has 0 spiro atoms. The SMILES string of the molecule is CCC(CC)CNc1nc(N)nc(-n2cncn2)n1. The van der Waals surface area contributed by atoms with E-state index in [4.69, 9.17) is 5.73 Å². The van der Waals surface area contributed by atoms with Gasteiger partial charge in [-0.2, -0.15) is 24.7 Å². The smallest absolute Gasteiger partial charge is 0.258 e. The van der Waals surface area contributed by atoms with Crippen LogP contribution in [0.4, 0.5) is 11.9 Å². The molecule has 8 nitrogen and oxygen atoms in total. The fourth-order valence-electron chi connectivity index (χ4n) is 1.69. The van der Waals surface area contributed by atoms with E-state index in [2.05, 4.69) is 44.2 Å². The highest BCUT2D eigenvalue weighted by atomic mass is 15.4. The molecule has 0 aromatic carbocycles. The minimum Gasteiger partial charge on any atom is -0.368 e.